The van der Waals surface area contributed by atoms with Gasteiger partial charge in [0.2, 0.25) is 0 Å². The number of likely N-dealkylation sites (N-methyl/N-ethyl adjacent to an activating group) is 1. The van der Waals surface area contributed by atoms with Gasteiger partial charge in [-0.15, -0.1) is 0 Å². The molecule has 3 heteroatoms. The lowest BCUT2D eigenvalue weighted by Crippen LogP contribution is -2.41. The van der Waals surface area contributed by atoms with Crippen LogP contribution in [0.15, 0.2) is 18.2 Å². The van der Waals surface area contributed by atoms with Gasteiger partial charge in [0.15, 0.2) is 0 Å². The fraction of sp³-hybridized carbons (Fsp3) is 0.667. The number of benzene rings is 1. The minimum absolute atomic E-state index is 0.259. The first-order valence-corrected chi connectivity index (χ1v) is 8.40. The fourth-order valence-electron chi connectivity index (χ4n) is 3.40. The highest BCUT2D eigenvalue weighted by atomic mass is 35.5. The van der Waals surface area contributed by atoms with Crippen LogP contribution in [0.3, 0.4) is 0 Å². The van der Waals surface area contributed by atoms with Crippen molar-refractivity contribution in [2.45, 2.75) is 58.5 Å². The SMILES string of the molecule is Cc1ccc(C(CN)N(C)C2CCC(C)(C)CC2)cc1Cl. The maximum absolute atomic E-state index is 6.28. The Morgan fingerprint density at radius 1 is 1.33 bits per heavy atom. The van der Waals surface area contributed by atoms with Crippen molar-refractivity contribution in [1.82, 2.24) is 4.90 Å². The molecular formula is C18H29ClN2. The summed E-state index contributed by atoms with van der Waals surface area (Å²) in [6, 6.07) is 7.23. The Morgan fingerprint density at radius 2 is 1.95 bits per heavy atom. The number of nitrogens with zero attached hydrogens (tertiary/aromatic N) is 1. The molecule has 0 radical (unpaired) electrons. The number of rotatable bonds is 4. The Morgan fingerprint density at radius 3 is 2.48 bits per heavy atom. The minimum atomic E-state index is 0.259. The van der Waals surface area contributed by atoms with E-state index >= 15 is 0 Å². The Labute approximate surface area is 134 Å². The molecule has 0 amide bonds. The summed E-state index contributed by atoms with van der Waals surface area (Å²) in [6.07, 6.45) is 5.13. The van der Waals surface area contributed by atoms with Crippen LogP contribution in [0.2, 0.25) is 5.02 Å². The summed E-state index contributed by atoms with van der Waals surface area (Å²) in [5.41, 5.74) is 8.93. The molecule has 21 heavy (non-hydrogen) atoms. The highest BCUT2D eigenvalue weighted by Crippen LogP contribution is 2.38. The van der Waals surface area contributed by atoms with Gasteiger partial charge in [0.25, 0.3) is 0 Å². The van der Waals surface area contributed by atoms with Crippen LogP contribution < -0.4 is 5.73 Å². The molecule has 0 aromatic heterocycles. The van der Waals surface area contributed by atoms with Crippen LogP contribution in [0.4, 0.5) is 0 Å². The molecule has 0 heterocycles. The summed E-state index contributed by atoms with van der Waals surface area (Å²) in [6.45, 7) is 7.43. The standard InChI is InChI=1S/C18H29ClN2/c1-13-5-6-14(11-16(13)19)17(12-20)21(4)15-7-9-18(2,3)10-8-15/h5-6,11,15,17H,7-10,12,20H2,1-4H3. The van der Waals surface area contributed by atoms with E-state index in [4.69, 9.17) is 17.3 Å². The zero-order valence-corrected chi connectivity index (χ0v) is 14.6. The summed E-state index contributed by atoms with van der Waals surface area (Å²) >= 11 is 6.28. The van der Waals surface area contributed by atoms with Gasteiger partial charge in [0.05, 0.1) is 0 Å². The van der Waals surface area contributed by atoms with E-state index in [2.05, 4.69) is 44.0 Å². The third-order valence-electron chi connectivity index (χ3n) is 5.18. The Balaban J connectivity index is 2.11. The quantitative estimate of drug-likeness (QED) is 0.884. The third-order valence-corrected chi connectivity index (χ3v) is 5.59. The zero-order valence-electron chi connectivity index (χ0n) is 13.8. The molecule has 1 saturated carbocycles. The van der Waals surface area contributed by atoms with E-state index in [9.17, 15) is 0 Å². The van der Waals surface area contributed by atoms with Crippen LogP contribution in [-0.4, -0.2) is 24.5 Å². The first-order valence-electron chi connectivity index (χ1n) is 8.02. The maximum atomic E-state index is 6.28. The molecule has 1 aliphatic rings. The van der Waals surface area contributed by atoms with E-state index in [0.29, 0.717) is 18.0 Å². The van der Waals surface area contributed by atoms with Crippen molar-refractivity contribution in [3.8, 4) is 0 Å². The molecule has 1 aliphatic carbocycles. The molecule has 0 saturated heterocycles. The molecule has 2 nitrogen and oxygen atoms in total. The second-order valence-corrected chi connectivity index (χ2v) is 7.73. The number of nitrogens with two attached hydrogens (primary N) is 1. The average molecular weight is 309 g/mol. The molecule has 2 N–H and O–H groups in total. The summed E-state index contributed by atoms with van der Waals surface area (Å²) in [5.74, 6) is 0. The number of halogens is 1. The van der Waals surface area contributed by atoms with Crippen molar-refractivity contribution < 1.29 is 0 Å². The summed E-state index contributed by atoms with van der Waals surface area (Å²) in [5, 5.41) is 0.837. The second kappa shape index (κ2) is 6.68. The highest BCUT2D eigenvalue weighted by molar-refractivity contribution is 6.31. The lowest BCUT2D eigenvalue weighted by molar-refractivity contribution is 0.0966. The van der Waals surface area contributed by atoms with E-state index in [1.807, 2.05) is 6.92 Å². The third kappa shape index (κ3) is 4.00. The van der Waals surface area contributed by atoms with Gasteiger partial charge in [0, 0.05) is 23.7 Å². The first kappa shape index (κ1) is 16.8. The Hall–Kier alpha value is -0.570. The molecule has 118 valence electrons. The summed E-state index contributed by atoms with van der Waals surface area (Å²) in [4.78, 5) is 2.47. The van der Waals surface area contributed by atoms with Crippen molar-refractivity contribution >= 4 is 11.6 Å². The molecule has 1 fully saturated rings. The molecular weight excluding hydrogens is 280 g/mol. The van der Waals surface area contributed by atoms with Crippen molar-refractivity contribution in [2.75, 3.05) is 13.6 Å². The van der Waals surface area contributed by atoms with Gasteiger partial charge in [-0.1, -0.05) is 37.6 Å². The number of aryl methyl sites for hydroxylation is 1. The highest BCUT2D eigenvalue weighted by Gasteiger charge is 2.31. The van der Waals surface area contributed by atoms with Crippen LogP contribution in [0.5, 0.6) is 0 Å². The number of hydrogen-bond acceptors (Lipinski definition) is 2. The van der Waals surface area contributed by atoms with Crippen LogP contribution >= 0.6 is 11.6 Å². The van der Waals surface area contributed by atoms with Gasteiger partial charge in [-0.3, -0.25) is 4.90 Å². The summed E-state index contributed by atoms with van der Waals surface area (Å²) < 4.78 is 0. The van der Waals surface area contributed by atoms with Crippen molar-refractivity contribution in [3.05, 3.63) is 34.3 Å². The lowest BCUT2D eigenvalue weighted by atomic mass is 9.75. The lowest BCUT2D eigenvalue weighted by Gasteiger charge is -2.41. The van der Waals surface area contributed by atoms with Crippen molar-refractivity contribution in [1.29, 1.82) is 0 Å². The molecule has 1 aromatic rings. The topological polar surface area (TPSA) is 29.3 Å². The number of hydrogen-bond donors (Lipinski definition) is 1. The molecule has 1 unspecified atom stereocenters. The van der Waals surface area contributed by atoms with Gasteiger partial charge in [-0.05, 0) is 62.3 Å². The van der Waals surface area contributed by atoms with E-state index < -0.39 is 0 Å². The molecule has 1 aromatic carbocycles. The normalized spacial score (nSPS) is 20.7. The van der Waals surface area contributed by atoms with Crippen molar-refractivity contribution in [3.63, 3.8) is 0 Å². The van der Waals surface area contributed by atoms with Crippen LogP contribution in [0.1, 0.15) is 56.7 Å². The van der Waals surface area contributed by atoms with Gasteiger partial charge in [0.1, 0.15) is 0 Å². The largest absolute Gasteiger partial charge is 0.329 e. The Kier molecular flexibility index (Phi) is 5.34. The smallest absolute Gasteiger partial charge is 0.0470 e. The molecule has 1 atom stereocenters. The zero-order chi connectivity index (χ0) is 15.6. The van der Waals surface area contributed by atoms with E-state index in [1.54, 1.807) is 0 Å². The maximum Gasteiger partial charge on any atom is 0.0470 e. The first-order chi connectivity index (χ1) is 9.84. The van der Waals surface area contributed by atoms with E-state index in [0.717, 1.165) is 10.6 Å². The predicted octanol–water partition coefficient (Wildman–Crippen LogP) is 4.55. The average Bonchev–Trinajstić information content (AvgIpc) is 2.43. The van der Waals surface area contributed by atoms with Crippen LogP contribution in [0.25, 0.3) is 0 Å². The van der Waals surface area contributed by atoms with Gasteiger partial charge >= 0.3 is 0 Å². The molecule has 0 bridgehead atoms. The molecule has 2 rings (SSSR count). The van der Waals surface area contributed by atoms with Crippen LogP contribution in [0, 0.1) is 12.3 Å². The van der Waals surface area contributed by atoms with Gasteiger partial charge < -0.3 is 5.73 Å². The molecule has 0 aliphatic heterocycles. The van der Waals surface area contributed by atoms with E-state index in [1.165, 1.54) is 31.2 Å². The summed E-state index contributed by atoms with van der Waals surface area (Å²) in [7, 11) is 2.22. The molecule has 0 spiro atoms. The van der Waals surface area contributed by atoms with Crippen molar-refractivity contribution in [2.24, 2.45) is 11.1 Å². The monoisotopic (exact) mass is 308 g/mol. The minimum Gasteiger partial charge on any atom is -0.329 e. The fourth-order valence-corrected chi connectivity index (χ4v) is 3.59. The van der Waals surface area contributed by atoms with Gasteiger partial charge in [-0.25, -0.2) is 0 Å². The Bertz CT molecular complexity index is 474. The second-order valence-electron chi connectivity index (χ2n) is 7.32. The van der Waals surface area contributed by atoms with E-state index in [-0.39, 0.29) is 6.04 Å². The predicted molar refractivity (Wildman–Crippen MR) is 91.8 cm³/mol. The van der Waals surface area contributed by atoms with Gasteiger partial charge in [-0.2, -0.15) is 0 Å². The van der Waals surface area contributed by atoms with Crippen LogP contribution in [-0.2, 0) is 0 Å².